The first kappa shape index (κ1) is 12.4. The minimum atomic E-state index is -0.909. The molecule has 18 heavy (non-hydrogen) atoms. The van der Waals surface area contributed by atoms with Crippen LogP contribution >= 0.6 is 0 Å². The van der Waals surface area contributed by atoms with Gasteiger partial charge >= 0.3 is 0 Å². The zero-order valence-corrected chi connectivity index (χ0v) is 9.62. The Labute approximate surface area is 102 Å². The van der Waals surface area contributed by atoms with E-state index in [1.807, 2.05) is 0 Å². The van der Waals surface area contributed by atoms with E-state index in [0.29, 0.717) is 0 Å². The summed E-state index contributed by atoms with van der Waals surface area (Å²) in [6.45, 7) is 1.64. The Bertz CT molecular complexity index is 558. The minimum Gasteiger partial charge on any atom is -0.363 e. The van der Waals surface area contributed by atoms with Crippen LogP contribution in [0, 0.1) is 17.6 Å². The number of nitrogens with zero attached hydrogens (tertiary/aromatic N) is 1. The molecule has 0 aliphatic heterocycles. The molecule has 1 N–H and O–H groups in total. The first-order chi connectivity index (χ1) is 8.58. The number of anilines is 1. The summed E-state index contributed by atoms with van der Waals surface area (Å²) >= 11 is 0. The second kappa shape index (κ2) is 5.08. The molecule has 0 amide bonds. The van der Waals surface area contributed by atoms with Crippen molar-refractivity contribution in [1.82, 2.24) is 4.98 Å². The molecule has 1 atom stereocenters. The van der Waals surface area contributed by atoms with E-state index in [2.05, 4.69) is 10.3 Å². The monoisotopic (exact) mass is 252 g/mol. The number of nitrogens with one attached hydrogen (secondary N) is 1. The molecule has 94 valence electrons. The zero-order chi connectivity index (χ0) is 13.1. The summed E-state index contributed by atoms with van der Waals surface area (Å²) in [5, 5.41) is 2.81. The molecule has 0 saturated heterocycles. The molecule has 0 aliphatic rings. The van der Waals surface area contributed by atoms with Crippen LogP contribution < -0.4 is 5.32 Å². The predicted molar refractivity (Wildman–Crippen MR) is 62.6 cm³/mol. The predicted octanol–water partition coefficient (Wildman–Crippen LogP) is 3.67. The average molecular weight is 252 g/mol. The zero-order valence-electron chi connectivity index (χ0n) is 9.62. The highest BCUT2D eigenvalue weighted by Crippen LogP contribution is 2.22. The topological polar surface area (TPSA) is 24.9 Å². The van der Waals surface area contributed by atoms with Gasteiger partial charge in [-0.15, -0.1) is 0 Å². The lowest BCUT2D eigenvalue weighted by molar-refractivity contribution is 0.494. The van der Waals surface area contributed by atoms with E-state index in [0.717, 1.165) is 6.07 Å². The maximum absolute atomic E-state index is 13.5. The van der Waals surface area contributed by atoms with Gasteiger partial charge < -0.3 is 5.32 Å². The summed E-state index contributed by atoms with van der Waals surface area (Å²) in [4.78, 5) is 3.60. The smallest absolute Gasteiger partial charge is 0.214 e. The molecule has 0 fully saturated rings. The molecular weight excluding hydrogens is 241 g/mol. The summed E-state index contributed by atoms with van der Waals surface area (Å²) in [7, 11) is 0. The van der Waals surface area contributed by atoms with E-state index in [4.69, 9.17) is 0 Å². The van der Waals surface area contributed by atoms with Gasteiger partial charge in [-0.3, -0.25) is 0 Å². The van der Waals surface area contributed by atoms with Crippen LogP contribution in [0.5, 0.6) is 0 Å². The number of benzene rings is 1. The molecule has 2 aromatic rings. The Morgan fingerprint density at radius 3 is 2.50 bits per heavy atom. The third kappa shape index (κ3) is 2.61. The van der Waals surface area contributed by atoms with E-state index in [9.17, 15) is 13.2 Å². The van der Waals surface area contributed by atoms with Crippen LogP contribution in [0.4, 0.5) is 19.0 Å². The highest BCUT2D eigenvalue weighted by molar-refractivity contribution is 5.38. The molecule has 0 bridgehead atoms. The number of aromatic nitrogens is 1. The second-order valence-corrected chi connectivity index (χ2v) is 3.85. The standard InChI is InChI=1S/C13H11F3N2/c1-8(9-4-2-5-10(14)13(9)16)17-12-7-3-6-11(15)18-12/h2-8H,1H3,(H,17,18). The summed E-state index contributed by atoms with van der Waals surface area (Å²) in [6, 6.07) is 7.66. The fourth-order valence-electron chi connectivity index (χ4n) is 1.64. The first-order valence-corrected chi connectivity index (χ1v) is 5.41. The van der Waals surface area contributed by atoms with Crippen LogP contribution in [0.1, 0.15) is 18.5 Å². The van der Waals surface area contributed by atoms with E-state index in [1.54, 1.807) is 13.0 Å². The highest BCUT2D eigenvalue weighted by Gasteiger charge is 2.14. The van der Waals surface area contributed by atoms with E-state index in [1.165, 1.54) is 24.3 Å². The molecule has 0 spiro atoms. The van der Waals surface area contributed by atoms with Crippen LogP contribution in [0.3, 0.4) is 0 Å². The number of hydrogen-bond acceptors (Lipinski definition) is 2. The maximum Gasteiger partial charge on any atom is 0.214 e. The maximum atomic E-state index is 13.5. The summed E-state index contributed by atoms with van der Waals surface area (Å²) in [6.07, 6.45) is 0. The van der Waals surface area contributed by atoms with Gasteiger partial charge in [-0.25, -0.2) is 13.8 Å². The summed E-state index contributed by atoms with van der Waals surface area (Å²) in [5.41, 5.74) is 0.168. The van der Waals surface area contributed by atoms with Gasteiger partial charge in [0.25, 0.3) is 0 Å². The van der Waals surface area contributed by atoms with Gasteiger partial charge in [0.05, 0.1) is 6.04 Å². The van der Waals surface area contributed by atoms with Crippen molar-refractivity contribution in [3.05, 3.63) is 59.5 Å². The van der Waals surface area contributed by atoms with Crippen molar-refractivity contribution in [2.45, 2.75) is 13.0 Å². The Kier molecular flexibility index (Phi) is 3.50. The van der Waals surface area contributed by atoms with Gasteiger partial charge in [0.2, 0.25) is 5.95 Å². The fraction of sp³-hybridized carbons (Fsp3) is 0.154. The molecule has 0 saturated carbocycles. The SMILES string of the molecule is CC(Nc1cccc(F)n1)c1cccc(F)c1F. The first-order valence-electron chi connectivity index (χ1n) is 5.41. The lowest BCUT2D eigenvalue weighted by Gasteiger charge is -2.15. The number of hydrogen-bond donors (Lipinski definition) is 1. The average Bonchev–Trinajstić information content (AvgIpc) is 2.32. The van der Waals surface area contributed by atoms with Crippen LogP contribution in [-0.4, -0.2) is 4.98 Å². The third-order valence-corrected chi connectivity index (χ3v) is 2.53. The number of pyridine rings is 1. The van der Waals surface area contributed by atoms with Crippen molar-refractivity contribution < 1.29 is 13.2 Å². The molecule has 2 nitrogen and oxygen atoms in total. The molecule has 0 radical (unpaired) electrons. The Morgan fingerprint density at radius 1 is 1.06 bits per heavy atom. The Hall–Kier alpha value is -2.04. The lowest BCUT2D eigenvalue weighted by atomic mass is 10.1. The molecule has 5 heteroatoms. The van der Waals surface area contributed by atoms with Gasteiger partial charge in [-0.1, -0.05) is 18.2 Å². The van der Waals surface area contributed by atoms with Crippen LogP contribution in [0.25, 0.3) is 0 Å². The fourth-order valence-corrected chi connectivity index (χ4v) is 1.64. The number of rotatable bonds is 3. The van der Waals surface area contributed by atoms with Crippen LogP contribution in [-0.2, 0) is 0 Å². The van der Waals surface area contributed by atoms with E-state index < -0.39 is 23.6 Å². The van der Waals surface area contributed by atoms with Crippen molar-refractivity contribution in [1.29, 1.82) is 0 Å². The van der Waals surface area contributed by atoms with Crippen molar-refractivity contribution in [2.24, 2.45) is 0 Å². The molecule has 2 rings (SSSR count). The van der Waals surface area contributed by atoms with Gasteiger partial charge in [0, 0.05) is 5.56 Å². The quantitative estimate of drug-likeness (QED) is 0.843. The molecule has 1 aromatic heterocycles. The Balaban J connectivity index is 2.22. The van der Waals surface area contributed by atoms with Crippen molar-refractivity contribution in [3.63, 3.8) is 0 Å². The van der Waals surface area contributed by atoms with Crippen LogP contribution in [0.2, 0.25) is 0 Å². The van der Waals surface area contributed by atoms with Crippen molar-refractivity contribution >= 4 is 5.82 Å². The Morgan fingerprint density at radius 2 is 1.78 bits per heavy atom. The van der Waals surface area contributed by atoms with Crippen LogP contribution in [0.15, 0.2) is 36.4 Å². The lowest BCUT2D eigenvalue weighted by Crippen LogP contribution is -2.10. The van der Waals surface area contributed by atoms with Gasteiger partial charge in [0.1, 0.15) is 5.82 Å². The normalized spacial score (nSPS) is 12.2. The van der Waals surface area contributed by atoms with Gasteiger partial charge in [-0.05, 0) is 25.1 Å². The van der Waals surface area contributed by atoms with Gasteiger partial charge in [0.15, 0.2) is 11.6 Å². The van der Waals surface area contributed by atoms with Crippen molar-refractivity contribution in [3.8, 4) is 0 Å². The minimum absolute atomic E-state index is 0.168. The van der Waals surface area contributed by atoms with E-state index in [-0.39, 0.29) is 11.4 Å². The highest BCUT2D eigenvalue weighted by atomic mass is 19.2. The van der Waals surface area contributed by atoms with Gasteiger partial charge in [-0.2, -0.15) is 4.39 Å². The van der Waals surface area contributed by atoms with Crippen molar-refractivity contribution in [2.75, 3.05) is 5.32 Å². The second-order valence-electron chi connectivity index (χ2n) is 3.85. The molecule has 1 aromatic carbocycles. The number of halogens is 3. The molecule has 1 heterocycles. The molecular formula is C13H11F3N2. The van der Waals surface area contributed by atoms with E-state index >= 15 is 0 Å². The third-order valence-electron chi connectivity index (χ3n) is 2.53. The largest absolute Gasteiger partial charge is 0.363 e. The summed E-state index contributed by atoms with van der Waals surface area (Å²) < 4.78 is 39.5. The summed E-state index contributed by atoms with van der Waals surface area (Å²) in [5.74, 6) is -2.18. The molecule has 0 aliphatic carbocycles. The molecule has 1 unspecified atom stereocenters.